The smallest absolute Gasteiger partial charge is 0.239 e. The molecule has 0 aliphatic heterocycles. The topological polar surface area (TPSA) is 54.9 Å². The first-order chi connectivity index (χ1) is 11.1. The zero-order valence-electron chi connectivity index (χ0n) is 12.6. The summed E-state index contributed by atoms with van der Waals surface area (Å²) in [4.78, 5) is 21.1. The van der Waals surface area contributed by atoms with E-state index in [0.29, 0.717) is 5.13 Å². The standard InChI is InChI=1S/C16H15N3OS3/c1-10-8-22-16(17-10)23-11(2)14(20)19-15-18-13(9-21-15)12-6-4-3-5-7-12/h3-9,11H,1-2H3,(H,18,19,20)/t11-/m0/s1. The van der Waals surface area contributed by atoms with Crippen LogP contribution < -0.4 is 5.32 Å². The number of amides is 1. The third kappa shape index (κ3) is 4.19. The number of nitrogens with one attached hydrogen (secondary N) is 1. The molecule has 1 aromatic carbocycles. The first-order valence-electron chi connectivity index (χ1n) is 7.02. The van der Waals surface area contributed by atoms with Gasteiger partial charge < -0.3 is 5.32 Å². The molecule has 0 spiro atoms. The molecule has 0 fully saturated rings. The number of thioether (sulfide) groups is 1. The van der Waals surface area contributed by atoms with E-state index in [9.17, 15) is 4.79 Å². The molecule has 0 bridgehead atoms. The highest BCUT2D eigenvalue weighted by atomic mass is 32.2. The van der Waals surface area contributed by atoms with E-state index in [1.54, 1.807) is 11.3 Å². The SMILES string of the molecule is Cc1csc(S[C@@H](C)C(=O)Nc2nc(-c3ccccc3)cs2)n1. The molecule has 4 nitrogen and oxygen atoms in total. The Morgan fingerprint density at radius 2 is 1.96 bits per heavy atom. The lowest BCUT2D eigenvalue weighted by atomic mass is 10.2. The van der Waals surface area contributed by atoms with Crippen LogP contribution in [0.2, 0.25) is 0 Å². The van der Waals surface area contributed by atoms with Gasteiger partial charge in [0.15, 0.2) is 9.47 Å². The van der Waals surface area contributed by atoms with Crippen LogP contribution in [0.15, 0.2) is 45.4 Å². The number of benzene rings is 1. The summed E-state index contributed by atoms with van der Waals surface area (Å²) in [6.45, 7) is 3.83. The number of aromatic nitrogens is 2. The van der Waals surface area contributed by atoms with Gasteiger partial charge in [-0.25, -0.2) is 9.97 Å². The Labute approximate surface area is 147 Å². The number of hydrogen-bond acceptors (Lipinski definition) is 6. The predicted molar refractivity (Wildman–Crippen MR) is 98.3 cm³/mol. The van der Waals surface area contributed by atoms with E-state index >= 15 is 0 Å². The van der Waals surface area contributed by atoms with E-state index in [2.05, 4.69) is 15.3 Å². The number of thiazole rings is 2. The molecule has 3 aromatic rings. The van der Waals surface area contributed by atoms with Gasteiger partial charge in [0.2, 0.25) is 5.91 Å². The third-order valence-electron chi connectivity index (χ3n) is 3.05. The van der Waals surface area contributed by atoms with E-state index in [4.69, 9.17) is 0 Å². The summed E-state index contributed by atoms with van der Waals surface area (Å²) in [6, 6.07) is 9.93. The Kier molecular flexibility index (Phi) is 5.09. The molecule has 0 saturated heterocycles. The molecule has 2 aromatic heterocycles. The van der Waals surface area contributed by atoms with E-state index < -0.39 is 0 Å². The second-order valence-corrected chi connectivity index (χ2v) is 8.21. The van der Waals surface area contributed by atoms with Gasteiger partial charge in [-0.15, -0.1) is 22.7 Å². The molecule has 0 saturated carbocycles. The van der Waals surface area contributed by atoms with Crippen LogP contribution in [0.25, 0.3) is 11.3 Å². The molecular weight excluding hydrogens is 346 g/mol. The molecular formula is C16H15N3OS3. The highest BCUT2D eigenvalue weighted by Gasteiger charge is 2.17. The monoisotopic (exact) mass is 361 g/mol. The number of carbonyl (C=O) groups excluding carboxylic acids is 1. The largest absolute Gasteiger partial charge is 0.301 e. The second-order valence-electron chi connectivity index (χ2n) is 4.91. The number of hydrogen-bond donors (Lipinski definition) is 1. The van der Waals surface area contributed by atoms with Crippen molar-refractivity contribution in [3.05, 3.63) is 46.8 Å². The fraction of sp³-hybridized carbons (Fsp3) is 0.188. The summed E-state index contributed by atoms with van der Waals surface area (Å²) in [7, 11) is 0. The van der Waals surface area contributed by atoms with Gasteiger partial charge in [0, 0.05) is 22.0 Å². The minimum absolute atomic E-state index is 0.0585. The Morgan fingerprint density at radius 3 is 2.65 bits per heavy atom. The van der Waals surface area contributed by atoms with Gasteiger partial charge in [0.05, 0.1) is 10.9 Å². The zero-order valence-corrected chi connectivity index (χ0v) is 15.1. The number of carbonyl (C=O) groups is 1. The Bertz CT molecular complexity index is 798. The van der Waals surface area contributed by atoms with Crippen LogP contribution in [0, 0.1) is 6.92 Å². The summed E-state index contributed by atoms with van der Waals surface area (Å²) in [5.41, 5.74) is 2.91. The van der Waals surface area contributed by atoms with Crippen LogP contribution in [0.5, 0.6) is 0 Å². The Balaban J connectivity index is 1.63. The normalized spacial score (nSPS) is 12.1. The summed E-state index contributed by atoms with van der Waals surface area (Å²) < 4.78 is 0.911. The number of aryl methyl sites for hydroxylation is 1. The minimum Gasteiger partial charge on any atom is -0.301 e. The van der Waals surface area contributed by atoms with E-state index in [-0.39, 0.29) is 11.2 Å². The van der Waals surface area contributed by atoms with E-state index in [1.807, 2.05) is 54.9 Å². The van der Waals surface area contributed by atoms with Gasteiger partial charge in [-0.1, -0.05) is 42.1 Å². The Morgan fingerprint density at radius 1 is 1.17 bits per heavy atom. The molecule has 2 heterocycles. The maximum Gasteiger partial charge on any atom is 0.239 e. The van der Waals surface area contributed by atoms with Gasteiger partial charge >= 0.3 is 0 Å². The lowest BCUT2D eigenvalue weighted by Gasteiger charge is -2.08. The molecule has 0 unspecified atom stereocenters. The first kappa shape index (κ1) is 16.2. The van der Waals surface area contributed by atoms with Crippen LogP contribution in [0.4, 0.5) is 5.13 Å². The molecule has 118 valence electrons. The highest BCUT2D eigenvalue weighted by Crippen LogP contribution is 2.28. The van der Waals surface area contributed by atoms with Gasteiger partial charge in [-0.3, -0.25) is 4.79 Å². The maximum atomic E-state index is 12.3. The van der Waals surface area contributed by atoms with Crippen LogP contribution in [0.3, 0.4) is 0 Å². The van der Waals surface area contributed by atoms with Crippen molar-refractivity contribution in [2.75, 3.05) is 5.32 Å². The summed E-state index contributed by atoms with van der Waals surface area (Å²) in [6.07, 6.45) is 0. The van der Waals surface area contributed by atoms with Crippen molar-refractivity contribution in [3.8, 4) is 11.3 Å². The molecule has 1 amide bonds. The number of rotatable bonds is 5. The van der Waals surface area contributed by atoms with Gasteiger partial charge in [-0.2, -0.15) is 0 Å². The average Bonchev–Trinajstić information content (AvgIpc) is 3.17. The molecule has 0 radical (unpaired) electrons. The lowest BCUT2D eigenvalue weighted by molar-refractivity contribution is -0.115. The molecule has 0 aliphatic carbocycles. The number of anilines is 1. The highest BCUT2D eigenvalue weighted by molar-refractivity contribution is 8.02. The van der Waals surface area contributed by atoms with Crippen molar-refractivity contribution in [2.45, 2.75) is 23.4 Å². The van der Waals surface area contributed by atoms with Crippen LogP contribution in [-0.2, 0) is 4.79 Å². The van der Waals surface area contributed by atoms with Crippen LogP contribution >= 0.6 is 34.4 Å². The summed E-state index contributed by atoms with van der Waals surface area (Å²) in [5, 5.41) is 7.22. The van der Waals surface area contributed by atoms with E-state index in [0.717, 1.165) is 21.3 Å². The lowest BCUT2D eigenvalue weighted by Crippen LogP contribution is -2.22. The van der Waals surface area contributed by atoms with Crippen molar-refractivity contribution >= 4 is 45.5 Å². The Hall–Kier alpha value is -1.70. The average molecular weight is 362 g/mol. The van der Waals surface area contributed by atoms with Crippen molar-refractivity contribution in [2.24, 2.45) is 0 Å². The molecule has 7 heteroatoms. The molecule has 3 rings (SSSR count). The van der Waals surface area contributed by atoms with Crippen molar-refractivity contribution in [1.82, 2.24) is 9.97 Å². The van der Waals surface area contributed by atoms with E-state index in [1.165, 1.54) is 23.1 Å². The van der Waals surface area contributed by atoms with Gasteiger partial charge in [0.1, 0.15) is 0 Å². The maximum absolute atomic E-state index is 12.3. The van der Waals surface area contributed by atoms with Gasteiger partial charge in [0.25, 0.3) is 0 Å². The van der Waals surface area contributed by atoms with Crippen molar-refractivity contribution in [1.29, 1.82) is 0 Å². The third-order valence-corrected chi connectivity index (χ3v) is 6.00. The fourth-order valence-electron chi connectivity index (χ4n) is 1.87. The molecule has 1 N–H and O–H groups in total. The van der Waals surface area contributed by atoms with Gasteiger partial charge in [-0.05, 0) is 13.8 Å². The molecule has 0 aliphatic rings. The van der Waals surface area contributed by atoms with Crippen LogP contribution in [-0.4, -0.2) is 21.1 Å². The minimum atomic E-state index is -0.218. The quantitative estimate of drug-likeness (QED) is 0.670. The first-order valence-corrected chi connectivity index (χ1v) is 9.66. The summed E-state index contributed by atoms with van der Waals surface area (Å²) in [5.74, 6) is -0.0585. The fourth-order valence-corrected chi connectivity index (χ4v) is 4.58. The second kappa shape index (κ2) is 7.25. The molecule has 23 heavy (non-hydrogen) atoms. The predicted octanol–water partition coefficient (Wildman–Crippen LogP) is 4.69. The number of nitrogens with zero attached hydrogens (tertiary/aromatic N) is 2. The molecule has 1 atom stereocenters. The van der Waals surface area contributed by atoms with Crippen molar-refractivity contribution < 1.29 is 4.79 Å². The summed E-state index contributed by atoms with van der Waals surface area (Å²) >= 11 is 4.46. The van der Waals surface area contributed by atoms with Crippen molar-refractivity contribution in [3.63, 3.8) is 0 Å². The van der Waals surface area contributed by atoms with Crippen LogP contribution in [0.1, 0.15) is 12.6 Å². The zero-order chi connectivity index (χ0) is 16.2.